The lowest BCUT2D eigenvalue weighted by atomic mass is 9.98. The average Bonchev–Trinajstić information content (AvgIpc) is 2.59. The molecule has 0 fully saturated rings. The van der Waals surface area contributed by atoms with Gasteiger partial charge in [-0.05, 0) is 24.6 Å². The van der Waals surface area contributed by atoms with E-state index in [1.54, 1.807) is 32.7 Å². The van der Waals surface area contributed by atoms with Crippen LogP contribution in [0.4, 0.5) is 0 Å². The lowest BCUT2D eigenvalue weighted by molar-refractivity contribution is -0.144. The summed E-state index contributed by atoms with van der Waals surface area (Å²) in [6, 6.07) is 5.42. The quantitative estimate of drug-likeness (QED) is 0.758. The molecule has 0 aliphatic carbocycles. The fraction of sp³-hybridized carbons (Fsp3) is 0.333. The predicted octanol–water partition coefficient (Wildman–Crippen LogP) is 3.07. The number of aryl methyl sites for hydroxylation is 1. The van der Waals surface area contributed by atoms with E-state index >= 15 is 0 Å². The third-order valence-electron chi connectivity index (χ3n) is 3.58. The normalized spacial score (nSPS) is 11.5. The van der Waals surface area contributed by atoms with Crippen LogP contribution in [0.1, 0.15) is 29.7 Å². The van der Waals surface area contributed by atoms with Crippen molar-refractivity contribution in [3.05, 3.63) is 47.3 Å². The maximum atomic E-state index is 11.7. The Morgan fingerprint density at radius 2 is 1.83 bits per heavy atom. The van der Waals surface area contributed by atoms with E-state index in [1.165, 1.54) is 14.0 Å². The molecule has 2 aromatic rings. The predicted molar refractivity (Wildman–Crippen MR) is 88.7 cm³/mol. The Bertz CT molecular complexity index is 715. The van der Waals surface area contributed by atoms with Gasteiger partial charge >= 0.3 is 5.97 Å². The van der Waals surface area contributed by atoms with E-state index in [9.17, 15) is 4.79 Å². The number of rotatable bonds is 6. The van der Waals surface area contributed by atoms with Crippen LogP contribution in [0.2, 0.25) is 0 Å². The van der Waals surface area contributed by atoms with Crippen molar-refractivity contribution in [1.82, 2.24) is 4.98 Å². The minimum absolute atomic E-state index is 0.424. The molecule has 1 aromatic carbocycles. The fourth-order valence-electron chi connectivity index (χ4n) is 2.62. The summed E-state index contributed by atoms with van der Waals surface area (Å²) in [5.74, 6) is 1.14. The van der Waals surface area contributed by atoms with Crippen LogP contribution in [-0.2, 0) is 9.53 Å². The number of esters is 1. The molecule has 0 saturated carbocycles. The number of benzene rings is 1. The monoisotopic (exact) mass is 331 g/mol. The van der Waals surface area contributed by atoms with Crippen molar-refractivity contribution in [2.75, 3.05) is 21.3 Å². The van der Waals surface area contributed by atoms with Gasteiger partial charge in [-0.2, -0.15) is 0 Å². The molecule has 6 heteroatoms. The Labute approximate surface area is 141 Å². The SMILES string of the molecule is COc1cc(C)c(OC)c(OC)c1C(OC(C)=O)c1cccnc1. The van der Waals surface area contributed by atoms with E-state index in [0.717, 1.165) is 5.56 Å². The number of methoxy groups -OCH3 is 3. The van der Waals surface area contributed by atoms with Crippen molar-refractivity contribution in [3.8, 4) is 17.2 Å². The average molecular weight is 331 g/mol. The van der Waals surface area contributed by atoms with Gasteiger partial charge < -0.3 is 18.9 Å². The zero-order chi connectivity index (χ0) is 17.7. The highest BCUT2D eigenvalue weighted by Crippen LogP contribution is 2.46. The fourth-order valence-corrected chi connectivity index (χ4v) is 2.62. The maximum absolute atomic E-state index is 11.7. The largest absolute Gasteiger partial charge is 0.496 e. The number of carbonyl (C=O) groups is 1. The van der Waals surface area contributed by atoms with E-state index in [0.29, 0.717) is 28.4 Å². The molecule has 0 bridgehead atoms. The lowest BCUT2D eigenvalue weighted by Crippen LogP contribution is -2.14. The molecular formula is C18H21NO5. The van der Waals surface area contributed by atoms with Gasteiger partial charge in [-0.1, -0.05) is 6.07 Å². The van der Waals surface area contributed by atoms with Crippen LogP contribution in [0.15, 0.2) is 30.6 Å². The number of carbonyl (C=O) groups excluding carboxylic acids is 1. The second kappa shape index (κ2) is 7.68. The number of nitrogens with zero attached hydrogens (tertiary/aromatic N) is 1. The highest BCUT2D eigenvalue weighted by atomic mass is 16.5. The summed E-state index contributed by atoms with van der Waals surface area (Å²) in [7, 11) is 4.65. The highest BCUT2D eigenvalue weighted by molar-refractivity contribution is 5.68. The van der Waals surface area contributed by atoms with Gasteiger partial charge in [-0.15, -0.1) is 0 Å². The van der Waals surface area contributed by atoms with Gasteiger partial charge in [0.15, 0.2) is 17.6 Å². The molecule has 0 radical (unpaired) electrons. The van der Waals surface area contributed by atoms with Gasteiger partial charge in [-0.3, -0.25) is 9.78 Å². The van der Waals surface area contributed by atoms with Crippen molar-refractivity contribution in [3.63, 3.8) is 0 Å². The summed E-state index contributed by atoms with van der Waals surface area (Å²) in [4.78, 5) is 15.8. The van der Waals surface area contributed by atoms with E-state index in [1.807, 2.05) is 19.1 Å². The molecule has 0 saturated heterocycles. The molecule has 1 aromatic heterocycles. The first-order valence-electron chi connectivity index (χ1n) is 7.40. The van der Waals surface area contributed by atoms with Crippen molar-refractivity contribution in [1.29, 1.82) is 0 Å². The first-order valence-corrected chi connectivity index (χ1v) is 7.40. The van der Waals surface area contributed by atoms with Crippen LogP contribution in [0.25, 0.3) is 0 Å². The van der Waals surface area contributed by atoms with Crippen LogP contribution in [0.3, 0.4) is 0 Å². The Morgan fingerprint density at radius 1 is 1.12 bits per heavy atom. The number of ether oxygens (including phenoxy) is 4. The minimum atomic E-state index is -0.726. The van der Waals surface area contributed by atoms with Crippen molar-refractivity contribution in [2.24, 2.45) is 0 Å². The summed E-state index contributed by atoms with van der Waals surface area (Å²) >= 11 is 0. The van der Waals surface area contributed by atoms with E-state index < -0.39 is 12.1 Å². The number of pyridine rings is 1. The zero-order valence-electron chi connectivity index (χ0n) is 14.5. The zero-order valence-corrected chi connectivity index (χ0v) is 14.5. The summed E-state index contributed by atoms with van der Waals surface area (Å²) in [5.41, 5.74) is 2.13. The highest BCUT2D eigenvalue weighted by Gasteiger charge is 2.29. The van der Waals surface area contributed by atoms with E-state index in [2.05, 4.69) is 4.98 Å². The molecule has 0 amide bonds. The second-order valence-corrected chi connectivity index (χ2v) is 5.15. The second-order valence-electron chi connectivity index (χ2n) is 5.15. The third-order valence-corrected chi connectivity index (χ3v) is 3.58. The van der Waals surface area contributed by atoms with Crippen molar-refractivity contribution >= 4 is 5.97 Å². The summed E-state index contributed by atoms with van der Waals surface area (Å²) in [6.07, 6.45) is 2.56. The van der Waals surface area contributed by atoms with Crippen molar-refractivity contribution in [2.45, 2.75) is 20.0 Å². The van der Waals surface area contributed by atoms with Crippen LogP contribution < -0.4 is 14.2 Å². The van der Waals surface area contributed by atoms with Gasteiger partial charge in [-0.25, -0.2) is 0 Å². The molecule has 1 heterocycles. The van der Waals surface area contributed by atoms with Gasteiger partial charge in [0.1, 0.15) is 5.75 Å². The van der Waals surface area contributed by atoms with Crippen LogP contribution in [-0.4, -0.2) is 32.3 Å². The van der Waals surface area contributed by atoms with Gasteiger partial charge in [0.05, 0.1) is 26.9 Å². The molecule has 0 aliphatic heterocycles. The first-order chi connectivity index (χ1) is 11.5. The Hall–Kier alpha value is -2.76. The van der Waals surface area contributed by atoms with Gasteiger partial charge in [0.25, 0.3) is 0 Å². The molecular weight excluding hydrogens is 310 g/mol. The molecule has 0 N–H and O–H groups in total. The van der Waals surface area contributed by atoms with Crippen molar-refractivity contribution < 1.29 is 23.7 Å². The molecule has 24 heavy (non-hydrogen) atoms. The summed E-state index contributed by atoms with van der Waals surface area (Å²) in [5, 5.41) is 0. The Morgan fingerprint density at radius 3 is 2.33 bits per heavy atom. The van der Waals surface area contributed by atoms with Crippen LogP contribution in [0.5, 0.6) is 17.2 Å². The molecule has 0 aliphatic rings. The minimum Gasteiger partial charge on any atom is -0.496 e. The summed E-state index contributed by atoms with van der Waals surface area (Å²) < 4.78 is 22.1. The Kier molecular flexibility index (Phi) is 5.63. The topological polar surface area (TPSA) is 66.9 Å². The van der Waals surface area contributed by atoms with E-state index in [-0.39, 0.29) is 0 Å². The molecule has 128 valence electrons. The molecule has 0 spiro atoms. The molecule has 2 rings (SSSR count). The number of aromatic nitrogens is 1. The molecule has 1 unspecified atom stereocenters. The maximum Gasteiger partial charge on any atom is 0.303 e. The van der Waals surface area contributed by atoms with Gasteiger partial charge in [0, 0.05) is 24.9 Å². The van der Waals surface area contributed by atoms with Crippen LogP contribution >= 0.6 is 0 Å². The third kappa shape index (κ3) is 3.42. The number of hydrogen-bond donors (Lipinski definition) is 0. The van der Waals surface area contributed by atoms with Gasteiger partial charge in [0.2, 0.25) is 0 Å². The van der Waals surface area contributed by atoms with Crippen LogP contribution in [0, 0.1) is 6.92 Å². The first kappa shape index (κ1) is 17.6. The van der Waals surface area contributed by atoms with E-state index in [4.69, 9.17) is 18.9 Å². The number of hydrogen-bond acceptors (Lipinski definition) is 6. The molecule has 6 nitrogen and oxygen atoms in total. The Balaban J connectivity index is 2.74. The standard InChI is InChI=1S/C18H21NO5/c1-11-9-14(21-3)15(18(23-5)16(11)22-4)17(24-12(2)20)13-7-6-8-19-10-13/h6-10,17H,1-5H3. The smallest absolute Gasteiger partial charge is 0.303 e. The lowest BCUT2D eigenvalue weighted by Gasteiger charge is -2.24. The molecule has 1 atom stereocenters. The summed E-state index contributed by atoms with van der Waals surface area (Å²) in [6.45, 7) is 3.24.